The Kier molecular flexibility index (Phi) is 8.63. The first kappa shape index (κ1) is 25.5. The van der Waals surface area contributed by atoms with E-state index in [9.17, 15) is 9.59 Å². The van der Waals surface area contributed by atoms with Crippen LogP contribution in [-0.4, -0.2) is 55.3 Å². The van der Waals surface area contributed by atoms with Gasteiger partial charge in [0.15, 0.2) is 11.5 Å². The summed E-state index contributed by atoms with van der Waals surface area (Å²) in [5, 5.41) is 3.97. The van der Waals surface area contributed by atoms with E-state index in [2.05, 4.69) is 5.32 Å². The monoisotopic (exact) mass is 514 g/mol. The number of nitrogens with zero attached hydrogens (tertiary/aromatic N) is 1. The first-order chi connectivity index (χ1) is 17.0. The van der Waals surface area contributed by atoms with E-state index in [-0.39, 0.29) is 24.4 Å². The Morgan fingerprint density at radius 1 is 1.11 bits per heavy atom. The van der Waals surface area contributed by atoms with Crippen molar-refractivity contribution in [2.24, 2.45) is 0 Å². The smallest absolute Gasteiger partial charge is 0.261 e. The lowest BCUT2D eigenvalue weighted by Crippen LogP contribution is -2.54. The molecule has 35 heavy (non-hydrogen) atoms. The summed E-state index contributed by atoms with van der Waals surface area (Å²) in [6.45, 7) is 0.553. The van der Waals surface area contributed by atoms with Gasteiger partial charge in [-0.1, -0.05) is 42.6 Å². The van der Waals surface area contributed by atoms with Crippen LogP contribution in [-0.2, 0) is 16.0 Å². The van der Waals surface area contributed by atoms with Gasteiger partial charge in [0.2, 0.25) is 5.91 Å². The Morgan fingerprint density at radius 2 is 1.86 bits per heavy atom. The second kappa shape index (κ2) is 11.9. The molecule has 2 unspecified atom stereocenters. The molecule has 1 N–H and O–H groups in total. The number of thioether (sulfide) groups is 1. The number of hydrogen-bond donors (Lipinski definition) is 1. The fourth-order valence-electron chi connectivity index (χ4n) is 4.67. The third-order valence-corrected chi connectivity index (χ3v) is 8.13. The van der Waals surface area contributed by atoms with Crippen molar-refractivity contribution in [3.8, 4) is 11.5 Å². The second-order valence-electron chi connectivity index (χ2n) is 8.79. The van der Waals surface area contributed by atoms with Crippen LogP contribution in [0.25, 0.3) is 6.08 Å². The highest BCUT2D eigenvalue weighted by Gasteiger charge is 2.41. The van der Waals surface area contributed by atoms with Gasteiger partial charge in [-0.3, -0.25) is 9.59 Å². The number of benzene rings is 2. The summed E-state index contributed by atoms with van der Waals surface area (Å²) in [4.78, 5) is 28.7. The van der Waals surface area contributed by atoms with Gasteiger partial charge in [-0.05, 0) is 60.7 Å². The molecule has 8 heteroatoms. The molecule has 0 bridgehead atoms. The van der Waals surface area contributed by atoms with Crippen LogP contribution >= 0.6 is 23.4 Å². The summed E-state index contributed by atoms with van der Waals surface area (Å²) < 4.78 is 10.6. The van der Waals surface area contributed by atoms with E-state index in [4.69, 9.17) is 21.1 Å². The van der Waals surface area contributed by atoms with Gasteiger partial charge in [0.25, 0.3) is 5.91 Å². The highest BCUT2D eigenvalue weighted by molar-refractivity contribution is 8.04. The number of halogens is 1. The van der Waals surface area contributed by atoms with E-state index in [0.717, 1.165) is 36.8 Å². The number of carbonyl (C=O) groups excluding carboxylic acids is 2. The normalized spacial score (nSPS) is 20.9. The Bertz CT molecular complexity index is 1090. The lowest BCUT2D eigenvalue weighted by Gasteiger charge is -2.43. The summed E-state index contributed by atoms with van der Waals surface area (Å²) in [6.07, 6.45) is 6.80. The number of hydrogen-bond acceptors (Lipinski definition) is 5. The number of carbonyl (C=O) groups is 2. The molecule has 0 spiro atoms. The van der Waals surface area contributed by atoms with Crippen LogP contribution < -0.4 is 14.8 Å². The fourth-order valence-corrected chi connectivity index (χ4v) is 6.26. The zero-order chi connectivity index (χ0) is 24.8. The summed E-state index contributed by atoms with van der Waals surface area (Å²) >= 11 is 7.66. The van der Waals surface area contributed by atoms with Gasteiger partial charge in [-0.2, -0.15) is 0 Å². The van der Waals surface area contributed by atoms with Crippen LogP contribution in [0.2, 0.25) is 5.02 Å². The molecule has 1 aliphatic heterocycles. The molecule has 2 atom stereocenters. The van der Waals surface area contributed by atoms with Crippen molar-refractivity contribution in [3.05, 3.63) is 63.5 Å². The molecule has 0 aromatic heterocycles. The minimum Gasteiger partial charge on any atom is -0.493 e. The Morgan fingerprint density at radius 3 is 2.60 bits per heavy atom. The minimum atomic E-state index is -0.138. The third-order valence-electron chi connectivity index (χ3n) is 6.48. The van der Waals surface area contributed by atoms with Gasteiger partial charge in [-0.25, -0.2) is 0 Å². The van der Waals surface area contributed by atoms with E-state index < -0.39 is 0 Å². The van der Waals surface area contributed by atoms with Crippen molar-refractivity contribution in [3.63, 3.8) is 0 Å². The summed E-state index contributed by atoms with van der Waals surface area (Å²) in [6, 6.07) is 13.3. The highest BCUT2D eigenvalue weighted by atomic mass is 35.5. The molecule has 1 saturated heterocycles. The van der Waals surface area contributed by atoms with Gasteiger partial charge >= 0.3 is 0 Å². The summed E-state index contributed by atoms with van der Waals surface area (Å²) in [7, 11) is 3.20. The van der Waals surface area contributed by atoms with E-state index >= 15 is 0 Å². The Hall–Kier alpha value is -2.64. The molecule has 1 saturated carbocycles. The van der Waals surface area contributed by atoms with Gasteiger partial charge in [0.05, 0.1) is 19.1 Å². The largest absolute Gasteiger partial charge is 0.493 e. The molecular weight excluding hydrogens is 484 g/mol. The molecule has 2 aromatic rings. The van der Waals surface area contributed by atoms with E-state index in [0.29, 0.717) is 39.6 Å². The number of ether oxygens (including phenoxy) is 2. The van der Waals surface area contributed by atoms with E-state index in [1.165, 1.54) is 0 Å². The fraction of sp³-hybridized carbons (Fsp3) is 0.407. The topological polar surface area (TPSA) is 67.9 Å². The lowest BCUT2D eigenvalue weighted by molar-refractivity contribution is -0.135. The number of amides is 2. The van der Waals surface area contributed by atoms with Gasteiger partial charge in [0.1, 0.15) is 6.54 Å². The van der Waals surface area contributed by atoms with Crippen molar-refractivity contribution in [1.82, 2.24) is 10.2 Å². The summed E-state index contributed by atoms with van der Waals surface area (Å²) in [5.41, 5.74) is 1.97. The van der Waals surface area contributed by atoms with Crippen molar-refractivity contribution < 1.29 is 19.1 Å². The quantitative estimate of drug-likeness (QED) is 0.505. The zero-order valence-electron chi connectivity index (χ0n) is 20.1. The predicted molar refractivity (Wildman–Crippen MR) is 141 cm³/mol. The molecule has 2 aliphatic rings. The maximum Gasteiger partial charge on any atom is 0.261 e. The first-order valence-electron chi connectivity index (χ1n) is 11.9. The number of rotatable bonds is 8. The van der Waals surface area contributed by atoms with E-state index in [1.807, 2.05) is 48.5 Å². The molecule has 1 aliphatic carbocycles. The molecule has 4 rings (SSSR count). The van der Waals surface area contributed by atoms with Crippen molar-refractivity contribution in [2.45, 2.75) is 43.4 Å². The predicted octanol–water partition coefficient (Wildman–Crippen LogP) is 4.94. The number of fused-ring (bicyclic) bond motifs is 1. The highest BCUT2D eigenvalue weighted by Crippen LogP contribution is 2.42. The minimum absolute atomic E-state index is 0.0665. The van der Waals surface area contributed by atoms with Crippen LogP contribution in [0.4, 0.5) is 0 Å². The number of nitrogens with one attached hydrogen (secondary N) is 1. The molecule has 2 aromatic carbocycles. The third kappa shape index (κ3) is 6.33. The maximum absolute atomic E-state index is 13.4. The average molecular weight is 515 g/mol. The lowest BCUT2D eigenvalue weighted by atomic mass is 9.93. The average Bonchev–Trinajstić information content (AvgIpc) is 2.87. The van der Waals surface area contributed by atoms with E-state index in [1.54, 1.807) is 30.9 Å². The maximum atomic E-state index is 13.4. The van der Waals surface area contributed by atoms with Crippen LogP contribution in [0.3, 0.4) is 0 Å². The summed E-state index contributed by atoms with van der Waals surface area (Å²) in [5.74, 6) is 1.13. The molecule has 1 heterocycles. The molecule has 2 fully saturated rings. The Balaban J connectivity index is 1.40. The van der Waals surface area contributed by atoms with Gasteiger partial charge < -0.3 is 19.7 Å². The van der Waals surface area contributed by atoms with Crippen molar-refractivity contribution in [2.75, 3.05) is 27.3 Å². The second-order valence-corrected chi connectivity index (χ2v) is 10.5. The van der Waals surface area contributed by atoms with Gasteiger partial charge in [0, 0.05) is 22.9 Å². The number of methoxy groups -OCH3 is 2. The first-order valence-corrected chi connectivity index (χ1v) is 13.2. The molecule has 0 radical (unpaired) electrons. The van der Waals surface area contributed by atoms with Crippen molar-refractivity contribution in [1.29, 1.82) is 0 Å². The zero-order valence-corrected chi connectivity index (χ0v) is 21.7. The molecule has 2 amide bonds. The van der Waals surface area contributed by atoms with Crippen LogP contribution in [0.5, 0.6) is 11.5 Å². The SMILES string of the molecule is COc1ccc(CCNC(=O)CN2C(=O)/C(=C/c3ccc(Cl)cc3)SC3CCCCC32)cc1OC. The standard InChI is InChI=1S/C27H31ClN2O4S/c1-33-22-12-9-19(15-23(22)34-2)13-14-29-26(31)17-30-21-5-3-4-6-24(21)35-25(27(30)32)16-18-7-10-20(28)11-8-18/h7-12,15-16,21,24H,3-6,13-14,17H2,1-2H3,(H,29,31)/b25-16-. The molecule has 6 nitrogen and oxygen atoms in total. The van der Waals surface area contributed by atoms with Crippen LogP contribution in [0, 0.1) is 0 Å². The van der Waals surface area contributed by atoms with Crippen molar-refractivity contribution >= 4 is 41.3 Å². The van der Waals surface area contributed by atoms with Crippen LogP contribution in [0.15, 0.2) is 47.4 Å². The van der Waals surface area contributed by atoms with Crippen LogP contribution in [0.1, 0.15) is 36.8 Å². The molecule has 186 valence electrons. The Labute approximate surface area is 216 Å². The van der Waals surface area contributed by atoms with Gasteiger partial charge in [-0.15, -0.1) is 11.8 Å². The molecular formula is C27H31ClN2O4S.